The van der Waals surface area contributed by atoms with Gasteiger partial charge in [-0.25, -0.2) is 8.42 Å². The van der Waals surface area contributed by atoms with E-state index in [0.29, 0.717) is 24.5 Å². The summed E-state index contributed by atoms with van der Waals surface area (Å²) in [7, 11) is -0.0132. The summed E-state index contributed by atoms with van der Waals surface area (Å²) in [5, 5.41) is 0. The van der Waals surface area contributed by atoms with Crippen molar-refractivity contribution in [2.45, 2.75) is 18.5 Å². The van der Waals surface area contributed by atoms with Crippen LogP contribution in [0.4, 0.5) is 5.69 Å². The molecule has 2 atom stereocenters. The van der Waals surface area contributed by atoms with E-state index >= 15 is 0 Å². The Bertz CT molecular complexity index is 1030. The van der Waals surface area contributed by atoms with Crippen LogP contribution in [0.1, 0.15) is 5.56 Å². The average Bonchev–Trinajstić information content (AvgIpc) is 3.07. The van der Waals surface area contributed by atoms with E-state index in [1.807, 2.05) is 53.4 Å². The first kappa shape index (κ1) is 20.7. The van der Waals surface area contributed by atoms with E-state index in [2.05, 4.69) is 0 Å². The second-order valence-corrected chi connectivity index (χ2v) is 9.87. The van der Waals surface area contributed by atoms with E-state index in [-0.39, 0.29) is 36.0 Å². The lowest BCUT2D eigenvalue weighted by Gasteiger charge is -2.43. The first-order chi connectivity index (χ1) is 14.4. The quantitative estimate of drug-likeness (QED) is 0.695. The zero-order valence-electron chi connectivity index (χ0n) is 17.2. The molecule has 8 heteroatoms. The van der Waals surface area contributed by atoms with E-state index in [9.17, 15) is 13.2 Å². The molecule has 30 heavy (non-hydrogen) atoms. The minimum Gasteiger partial charge on any atom is -0.493 e. The zero-order chi connectivity index (χ0) is 21.3. The number of methoxy groups -OCH3 is 2. The van der Waals surface area contributed by atoms with Crippen LogP contribution in [0.3, 0.4) is 0 Å². The summed E-state index contributed by atoms with van der Waals surface area (Å²) in [6.07, 6.45) is 0.683. The lowest BCUT2D eigenvalue weighted by molar-refractivity contribution is -0.123. The molecule has 2 aromatic carbocycles. The topological polar surface area (TPSA) is 76.2 Å². The third kappa shape index (κ3) is 4.02. The number of rotatable bonds is 6. The number of anilines is 1. The second-order valence-electron chi connectivity index (χ2n) is 7.72. The van der Waals surface area contributed by atoms with Gasteiger partial charge < -0.3 is 14.4 Å². The molecule has 7 nitrogen and oxygen atoms in total. The Morgan fingerprint density at radius 3 is 2.37 bits per heavy atom. The number of piperazine rings is 1. The summed E-state index contributed by atoms with van der Waals surface area (Å²) in [6.45, 7) is 0.805. The highest BCUT2D eigenvalue weighted by Gasteiger charge is 2.49. The van der Waals surface area contributed by atoms with Crippen LogP contribution in [0.25, 0.3) is 0 Å². The SMILES string of the molecule is COc1ccc(CCN2CC(=O)N(c3ccccc3)[C@H]3CS(=O)(=O)C[C@H]32)cc1OC. The van der Waals surface area contributed by atoms with Crippen molar-refractivity contribution in [2.24, 2.45) is 0 Å². The molecule has 0 saturated carbocycles. The van der Waals surface area contributed by atoms with Gasteiger partial charge in [-0.1, -0.05) is 24.3 Å². The zero-order valence-corrected chi connectivity index (χ0v) is 18.0. The van der Waals surface area contributed by atoms with Crippen LogP contribution >= 0.6 is 0 Å². The smallest absolute Gasteiger partial charge is 0.241 e. The van der Waals surface area contributed by atoms with Crippen LogP contribution in [-0.4, -0.2) is 70.1 Å². The maximum Gasteiger partial charge on any atom is 0.241 e. The summed E-state index contributed by atoms with van der Waals surface area (Å²) in [4.78, 5) is 16.7. The number of ether oxygens (including phenoxy) is 2. The van der Waals surface area contributed by atoms with Gasteiger partial charge in [-0.3, -0.25) is 9.69 Å². The Morgan fingerprint density at radius 2 is 1.67 bits per heavy atom. The number of hydrogen-bond acceptors (Lipinski definition) is 6. The lowest BCUT2D eigenvalue weighted by Crippen LogP contribution is -2.62. The normalized spacial score (nSPS) is 23.3. The van der Waals surface area contributed by atoms with Gasteiger partial charge in [-0.2, -0.15) is 0 Å². The monoisotopic (exact) mass is 430 g/mol. The molecule has 0 aromatic heterocycles. The van der Waals surface area contributed by atoms with E-state index in [0.717, 1.165) is 11.3 Å². The molecule has 2 aliphatic heterocycles. The van der Waals surface area contributed by atoms with E-state index < -0.39 is 9.84 Å². The summed E-state index contributed by atoms with van der Waals surface area (Å²) in [5.74, 6) is 1.34. The Labute approximate surface area is 177 Å². The molecule has 160 valence electrons. The first-order valence-corrected chi connectivity index (χ1v) is 11.8. The Balaban J connectivity index is 1.55. The maximum absolute atomic E-state index is 13.0. The minimum atomic E-state index is -3.20. The maximum atomic E-state index is 13.0. The molecule has 4 rings (SSSR count). The molecule has 2 aromatic rings. The van der Waals surface area contributed by atoms with Crippen LogP contribution in [0, 0.1) is 0 Å². The number of para-hydroxylation sites is 1. The molecule has 0 spiro atoms. The number of nitrogens with zero attached hydrogens (tertiary/aromatic N) is 2. The van der Waals surface area contributed by atoms with Gasteiger partial charge in [0, 0.05) is 18.3 Å². The first-order valence-electron chi connectivity index (χ1n) is 9.94. The molecule has 0 N–H and O–H groups in total. The van der Waals surface area contributed by atoms with Crippen LogP contribution < -0.4 is 14.4 Å². The molecular formula is C22H26N2O5S. The van der Waals surface area contributed by atoms with Crippen molar-refractivity contribution in [3.05, 3.63) is 54.1 Å². The fourth-order valence-corrected chi connectivity index (χ4v) is 6.42. The molecule has 2 aliphatic rings. The van der Waals surface area contributed by atoms with Crippen molar-refractivity contribution in [2.75, 3.05) is 43.7 Å². The van der Waals surface area contributed by atoms with Crippen LogP contribution in [0.15, 0.2) is 48.5 Å². The predicted octanol–water partition coefficient (Wildman–Crippen LogP) is 1.76. The predicted molar refractivity (Wildman–Crippen MR) is 115 cm³/mol. The standard InChI is InChI=1S/C22H26N2O5S/c1-28-20-9-8-16(12-21(20)29-2)10-11-23-13-22(25)24(17-6-4-3-5-7-17)19-15-30(26,27)14-18(19)23/h3-9,12,18-19H,10-11,13-15H2,1-2H3/t18-,19+/m1/s1. The Kier molecular flexibility index (Phi) is 5.71. The van der Waals surface area contributed by atoms with E-state index in [1.54, 1.807) is 19.1 Å². The number of fused-ring (bicyclic) bond motifs is 1. The highest BCUT2D eigenvalue weighted by Crippen LogP contribution is 2.32. The van der Waals surface area contributed by atoms with Gasteiger partial charge in [0.15, 0.2) is 21.3 Å². The lowest BCUT2D eigenvalue weighted by atomic mass is 10.0. The highest BCUT2D eigenvalue weighted by atomic mass is 32.2. The van der Waals surface area contributed by atoms with Gasteiger partial charge in [0.2, 0.25) is 5.91 Å². The average molecular weight is 431 g/mol. The summed E-state index contributed by atoms with van der Waals surface area (Å²) in [6, 6.07) is 14.5. The molecular weight excluding hydrogens is 404 g/mol. The number of carbonyl (C=O) groups excluding carboxylic acids is 1. The molecule has 0 bridgehead atoms. The van der Waals surface area contributed by atoms with Crippen molar-refractivity contribution < 1.29 is 22.7 Å². The van der Waals surface area contributed by atoms with Crippen LogP contribution in [0.5, 0.6) is 11.5 Å². The number of carbonyl (C=O) groups is 1. The van der Waals surface area contributed by atoms with Gasteiger partial charge in [0.1, 0.15) is 0 Å². The molecule has 1 amide bonds. The van der Waals surface area contributed by atoms with Gasteiger partial charge in [-0.05, 0) is 36.2 Å². The van der Waals surface area contributed by atoms with Gasteiger partial charge in [-0.15, -0.1) is 0 Å². The van der Waals surface area contributed by atoms with Crippen molar-refractivity contribution in [1.82, 2.24) is 4.90 Å². The number of sulfone groups is 1. The highest BCUT2D eigenvalue weighted by molar-refractivity contribution is 7.91. The molecule has 0 unspecified atom stereocenters. The summed E-state index contributed by atoms with van der Waals surface area (Å²) < 4.78 is 35.6. The molecule has 2 heterocycles. The minimum absolute atomic E-state index is 0.00512. The van der Waals surface area contributed by atoms with Gasteiger partial charge in [0.05, 0.1) is 38.3 Å². The fourth-order valence-electron chi connectivity index (χ4n) is 4.44. The number of benzene rings is 2. The molecule has 0 radical (unpaired) electrons. The van der Waals surface area contributed by atoms with Crippen molar-refractivity contribution >= 4 is 21.4 Å². The summed E-state index contributed by atoms with van der Waals surface area (Å²) in [5.41, 5.74) is 1.80. The van der Waals surface area contributed by atoms with Crippen molar-refractivity contribution in [3.63, 3.8) is 0 Å². The van der Waals surface area contributed by atoms with Crippen LogP contribution in [0.2, 0.25) is 0 Å². The van der Waals surface area contributed by atoms with E-state index in [4.69, 9.17) is 9.47 Å². The van der Waals surface area contributed by atoms with Gasteiger partial charge >= 0.3 is 0 Å². The van der Waals surface area contributed by atoms with Crippen molar-refractivity contribution in [3.8, 4) is 11.5 Å². The van der Waals surface area contributed by atoms with E-state index in [1.165, 1.54) is 0 Å². The third-order valence-corrected chi connectivity index (χ3v) is 7.57. The molecule has 0 aliphatic carbocycles. The van der Waals surface area contributed by atoms with Crippen molar-refractivity contribution in [1.29, 1.82) is 0 Å². The second kappa shape index (κ2) is 8.28. The van der Waals surface area contributed by atoms with Crippen LogP contribution in [-0.2, 0) is 21.1 Å². The fraction of sp³-hybridized carbons (Fsp3) is 0.409. The Morgan fingerprint density at radius 1 is 0.967 bits per heavy atom. The molecule has 2 fully saturated rings. The van der Waals surface area contributed by atoms with Gasteiger partial charge in [0.25, 0.3) is 0 Å². The Hall–Kier alpha value is -2.58. The molecule has 2 saturated heterocycles. The third-order valence-electron chi connectivity index (χ3n) is 5.87. The largest absolute Gasteiger partial charge is 0.493 e. The number of hydrogen-bond donors (Lipinski definition) is 0. The summed E-state index contributed by atoms with van der Waals surface area (Å²) >= 11 is 0. The number of amides is 1.